The van der Waals surface area contributed by atoms with Crippen LogP contribution in [-0.4, -0.2) is 67.5 Å². The summed E-state index contributed by atoms with van der Waals surface area (Å²) in [6.07, 6.45) is 13.5. The normalized spacial score (nSPS) is 22.2. The van der Waals surface area contributed by atoms with Gasteiger partial charge in [-0.1, -0.05) is 38.2 Å². The standard InChI is InChI=1S/C27H46N4O3/c1-28-20-24(19-22-11-4-3-5-12-22)30-26(32)31-17-10-13-23(21-31)27(33,15-7-9-18-34-2)25-14-6-8-16-29-25/h6,8,14,16,22-24,28,33H,3-5,7,9-13,15,17-21H2,1-2H3,(H,30,32)/t23-,24?,27+/m1/s1. The first-order valence-electron chi connectivity index (χ1n) is 13.4. The Morgan fingerprint density at radius 3 is 2.76 bits per heavy atom. The number of carbonyl (C=O) groups excluding carboxylic acids is 1. The highest BCUT2D eigenvalue weighted by molar-refractivity contribution is 5.74. The van der Waals surface area contributed by atoms with E-state index in [9.17, 15) is 9.90 Å². The third kappa shape index (κ3) is 7.65. The second-order valence-corrected chi connectivity index (χ2v) is 10.3. The number of likely N-dealkylation sites (N-methyl/N-ethyl adjacent to an activating group) is 1. The minimum Gasteiger partial charge on any atom is -0.385 e. The SMILES string of the molecule is CNCC(CC1CCCCC1)NC(=O)N1CCC[C@@H]([C@@](O)(CCCCOC)c2ccccn2)C1. The van der Waals surface area contributed by atoms with Crippen LogP contribution in [0.25, 0.3) is 0 Å². The van der Waals surface area contributed by atoms with Crippen LogP contribution >= 0.6 is 0 Å². The average molecular weight is 475 g/mol. The van der Waals surface area contributed by atoms with E-state index in [1.54, 1.807) is 13.3 Å². The van der Waals surface area contributed by atoms with Gasteiger partial charge in [0.15, 0.2) is 0 Å². The highest BCUT2D eigenvalue weighted by atomic mass is 16.5. The van der Waals surface area contributed by atoms with Gasteiger partial charge in [0, 0.05) is 51.5 Å². The summed E-state index contributed by atoms with van der Waals surface area (Å²) in [5.74, 6) is 0.674. The van der Waals surface area contributed by atoms with Crippen LogP contribution in [-0.2, 0) is 10.3 Å². The summed E-state index contributed by atoms with van der Waals surface area (Å²) in [5, 5.41) is 18.5. The Bertz CT molecular complexity index is 713. The molecule has 3 N–H and O–H groups in total. The number of nitrogens with one attached hydrogen (secondary N) is 2. The molecule has 1 aliphatic heterocycles. The minimum absolute atomic E-state index is 0.00325. The fourth-order valence-corrected chi connectivity index (χ4v) is 5.88. The Balaban J connectivity index is 1.64. The highest BCUT2D eigenvalue weighted by Crippen LogP contribution is 2.39. The molecule has 2 aliphatic rings. The molecule has 7 nitrogen and oxygen atoms in total. The fourth-order valence-electron chi connectivity index (χ4n) is 5.88. The van der Waals surface area contributed by atoms with Gasteiger partial charge in [-0.3, -0.25) is 4.98 Å². The number of likely N-dealkylation sites (tertiary alicyclic amines) is 1. The molecule has 1 aromatic heterocycles. The number of urea groups is 1. The quantitative estimate of drug-likeness (QED) is 0.398. The van der Waals surface area contributed by atoms with Gasteiger partial charge < -0.3 is 25.4 Å². The van der Waals surface area contributed by atoms with Crippen LogP contribution in [0.1, 0.15) is 76.3 Å². The van der Waals surface area contributed by atoms with Crippen LogP contribution in [0.2, 0.25) is 0 Å². The van der Waals surface area contributed by atoms with Gasteiger partial charge in [-0.2, -0.15) is 0 Å². The summed E-state index contributed by atoms with van der Waals surface area (Å²) in [4.78, 5) is 19.7. The van der Waals surface area contributed by atoms with Crippen molar-refractivity contribution in [2.45, 2.75) is 82.3 Å². The molecule has 1 saturated heterocycles. The lowest BCUT2D eigenvalue weighted by Gasteiger charge is -2.42. The van der Waals surface area contributed by atoms with Crippen LogP contribution in [0.3, 0.4) is 0 Å². The van der Waals surface area contributed by atoms with Crippen molar-refractivity contribution >= 4 is 6.03 Å². The summed E-state index contributed by atoms with van der Waals surface area (Å²) in [7, 11) is 3.66. The van der Waals surface area contributed by atoms with Crippen molar-refractivity contribution in [3.8, 4) is 0 Å². The second-order valence-electron chi connectivity index (χ2n) is 10.3. The van der Waals surface area contributed by atoms with E-state index in [1.807, 2.05) is 30.1 Å². The molecular weight excluding hydrogens is 428 g/mol. The summed E-state index contributed by atoms with van der Waals surface area (Å²) in [5.41, 5.74) is -0.328. The number of hydrogen-bond acceptors (Lipinski definition) is 5. The molecule has 192 valence electrons. The van der Waals surface area contributed by atoms with E-state index < -0.39 is 5.60 Å². The zero-order valence-corrected chi connectivity index (χ0v) is 21.3. The number of nitrogens with zero attached hydrogens (tertiary/aromatic N) is 2. The van der Waals surface area contributed by atoms with Gasteiger partial charge in [-0.25, -0.2) is 4.79 Å². The summed E-state index contributed by atoms with van der Waals surface area (Å²) >= 11 is 0. The molecule has 1 saturated carbocycles. The monoisotopic (exact) mass is 474 g/mol. The Morgan fingerprint density at radius 1 is 1.24 bits per heavy atom. The molecule has 3 rings (SSSR count). The molecule has 1 aliphatic carbocycles. The van der Waals surface area contributed by atoms with E-state index in [2.05, 4.69) is 15.6 Å². The molecule has 0 spiro atoms. The lowest BCUT2D eigenvalue weighted by Crippen LogP contribution is -2.54. The zero-order chi connectivity index (χ0) is 24.2. The molecule has 3 atom stereocenters. The maximum absolute atomic E-state index is 13.3. The number of amides is 2. The van der Waals surface area contributed by atoms with Crippen LogP contribution in [0.4, 0.5) is 4.79 Å². The molecule has 1 unspecified atom stereocenters. The Kier molecular flexibility index (Phi) is 11.1. The predicted octanol–water partition coefficient (Wildman–Crippen LogP) is 4.07. The zero-order valence-electron chi connectivity index (χ0n) is 21.3. The summed E-state index contributed by atoms with van der Waals surface area (Å²) in [6, 6.07) is 5.88. The minimum atomic E-state index is -1.04. The number of hydrogen-bond donors (Lipinski definition) is 3. The van der Waals surface area contributed by atoms with Crippen molar-refractivity contribution in [3.05, 3.63) is 30.1 Å². The van der Waals surface area contributed by atoms with Crippen LogP contribution in [0.15, 0.2) is 24.4 Å². The number of piperidine rings is 1. The van der Waals surface area contributed by atoms with Crippen LogP contribution < -0.4 is 10.6 Å². The number of rotatable bonds is 12. The number of aliphatic hydroxyl groups is 1. The fraction of sp³-hybridized carbons (Fsp3) is 0.778. The van der Waals surface area contributed by atoms with E-state index in [1.165, 1.54) is 32.1 Å². The molecule has 0 bridgehead atoms. The van der Waals surface area contributed by atoms with Gasteiger partial charge in [0.1, 0.15) is 5.60 Å². The van der Waals surface area contributed by atoms with E-state index in [0.29, 0.717) is 31.2 Å². The van der Waals surface area contributed by atoms with Gasteiger partial charge in [-0.15, -0.1) is 0 Å². The maximum atomic E-state index is 13.3. The van der Waals surface area contributed by atoms with E-state index in [-0.39, 0.29) is 18.0 Å². The predicted molar refractivity (Wildman–Crippen MR) is 136 cm³/mol. The molecule has 1 aromatic rings. The third-order valence-electron chi connectivity index (χ3n) is 7.77. The van der Waals surface area contributed by atoms with Gasteiger partial charge >= 0.3 is 6.03 Å². The van der Waals surface area contributed by atoms with Gasteiger partial charge in [-0.05, 0) is 63.6 Å². The van der Waals surface area contributed by atoms with Gasteiger partial charge in [0.05, 0.1) is 5.69 Å². The molecule has 2 heterocycles. The molecule has 2 fully saturated rings. The number of aromatic nitrogens is 1. The van der Waals surface area contributed by atoms with Crippen molar-refractivity contribution in [3.63, 3.8) is 0 Å². The molecule has 34 heavy (non-hydrogen) atoms. The molecule has 0 radical (unpaired) electrons. The first-order chi connectivity index (χ1) is 16.6. The first kappa shape index (κ1) is 26.9. The Hall–Kier alpha value is -1.70. The lowest BCUT2D eigenvalue weighted by atomic mass is 9.76. The summed E-state index contributed by atoms with van der Waals surface area (Å²) < 4.78 is 5.20. The highest BCUT2D eigenvalue weighted by Gasteiger charge is 2.42. The van der Waals surface area contributed by atoms with Crippen molar-refractivity contribution < 1.29 is 14.6 Å². The van der Waals surface area contributed by atoms with E-state index in [0.717, 1.165) is 45.2 Å². The number of carbonyl (C=O) groups is 1. The van der Waals surface area contributed by atoms with E-state index in [4.69, 9.17) is 4.74 Å². The van der Waals surface area contributed by atoms with E-state index >= 15 is 0 Å². The van der Waals surface area contributed by atoms with Crippen molar-refractivity contribution in [1.29, 1.82) is 0 Å². The largest absolute Gasteiger partial charge is 0.385 e. The van der Waals surface area contributed by atoms with Gasteiger partial charge in [0.25, 0.3) is 0 Å². The van der Waals surface area contributed by atoms with Crippen LogP contribution in [0, 0.1) is 11.8 Å². The van der Waals surface area contributed by atoms with Crippen molar-refractivity contribution in [2.24, 2.45) is 11.8 Å². The maximum Gasteiger partial charge on any atom is 0.317 e. The average Bonchev–Trinajstić information content (AvgIpc) is 2.88. The molecular formula is C27H46N4O3. The molecule has 0 aromatic carbocycles. The number of pyridine rings is 1. The number of unbranched alkanes of at least 4 members (excludes halogenated alkanes) is 1. The lowest BCUT2D eigenvalue weighted by molar-refractivity contribution is -0.0596. The van der Waals surface area contributed by atoms with Crippen LogP contribution in [0.5, 0.6) is 0 Å². The molecule has 2 amide bonds. The topological polar surface area (TPSA) is 86.7 Å². The Morgan fingerprint density at radius 2 is 2.06 bits per heavy atom. The number of methoxy groups -OCH3 is 1. The molecule has 7 heteroatoms. The van der Waals surface area contributed by atoms with Crippen molar-refractivity contribution in [2.75, 3.05) is 40.4 Å². The third-order valence-corrected chi connectivity index (χ3v) is 7.77. The van der Waals surface area contributed by atoms with Crippen molar-refractivity contribution in [1.82, 2.24) is 20.5 Å². The Labute approximate surface area is 206 Å². The second kappa shape index (κ2) is 14.0. The number of ether oxygens (including phenoxy) is 1. The van der Waals surface area contributed by atoms with Gasteiger partial charge in [0.2, 0.25) is 0 Å². The first-order valence-corrected chi connectivity index (χ1v) is 13.4. The smallest absolute Gasteiger partial charge is 0.317 e. The summed E-state index contributed by atoms with van der Waals surface area (Å²) in [6.45, 7) is 2.76.